The van der Waals surface area contributed by atoms with Gasteiger partial charge in [-0.1, -0.05) is 15.9 Å². The molecule has 0 bridgehead atoms. The Kier molecular flexibility index (Phi) is 3.91. The van der Waals surface area contributed by atoms with Gasteiger partial charge in [-0.3, -0.25) is 0 Å². The molecule has 0 spiro atoms. The van der Waals surface area contributed by atoms with Crippen molar-refractivity contribution in [2.24, 2.45) is 0 Å². The fourth-order valence-electron chi connectivity index (χ4n) is 1.46. The lowest BCUT2D eigenvalue weighted by atomic mass is 10.2. The zero-order valence-electron chi connectivity index (χ0n) is 9.58. The fraction of sp³-hybridized carbons (Fsp3) is 0.154. The van der Waals surface area contributed by atoms with E-state index < -0.39 is 11.6 Å². The molecule has 0 radical (unpaired) electrons. The highest BCUT2D eigenvalue weighted by Gasteiger charge is 2.09. The van der Waals surface area contributed by atoms with E-state index in [4.69, 9.17) is 4.74 Å². The van der Waals surface area contributed by atoms with E-state index in [0.29, 0.717) is 5.33 Å². The van der Waals surface area contributed by atoms with Crippen molar-refractivity contribution in [2.45, 2.75) is 12.3 Å². The number of hydrogen-bond donors (Lipinski definition) is 0. The van der Waals surface area contributed by atoms with E-state index in [1.54, 1.807) is 13.1 Å². The van der Waals surface area contributed by atoms with Crippen LogP contribution in [-0.2, 0) is 5.33 Å². The summed E-state index contributed by atoms with van der Waals surface area (Å²) in [6.45, 7) is 1.80. The maximum absolute atomic E-state index is 13.4. The summed E-state index contributed by atoms with van der Waals surface area (Å²) in [7, 11) is 0. The topological polar surface area (TPSA) is 22.1 Å². The van der Waals surface area contributed by atoms with Crippen molar-refractivity contribution in [3.63, 3.8) is 0 Å². The van der Waals surface area contributed by atoms with Gasteiger partial charge in [0.15, 0.2) is 11.6 Å². The van der Waals surface area contributed by atoms with Gasteiger partial charge in [0, 0.05) is 23.2 Å². The molecule has 0 aliphatic carbocycles. The molecule has 0 saturated carbocycles. The van der Waals surface area contributed by atoms with Gasteiger partial charge in [-0.25, -0.2) is 13.8 Å². The Morgan fingerprint density at radius 2 is 2.06 bits per heavy atom. The van der Waals surface area contributed by atoms with E-state index in [2.05, 4.69) is 20.9 Å². The highest BCUT2D eigenvalue weighted by molar-refractivity contribution is 9.08. The Balaban J connectivity index is 2.31. The second-order valence-electron chi connectivity index (χ2n) is 3.78. The van der Waals surface area contributed by atoms with Crippen molar-refractivity contribution >= 4 is 15.9 Å². The molecule has 94 valence electrons. The minimum atomic E-state index is -0.623. The Bertz CT molecular complexity index is 575. The molecule has 0 saturated heterocycles. The van der Waals surface area contributed by atoms with Crippen LogP contribution >= 0.6 is 15.9 Å². The summed E-state index contributed by atoms with van der Waals surface area (Å²) in [5.74, 6) is -1.08. The van der Waals surface area contributed by atoms with Gasteiger partial charge in [-0.2, -0.15) is 0 Å². The minimum Gasteiger partial charge on any atom is -0.436 e. The SMILES string of the molecule is Cc1cc(CBr)cnc1Oc1cc(F)ccc1F. The van der Waals surface area contributed by atoms with Gasteiger partial charge in [0.05, 0.1) is 0 Å². The summed E-state index contributed by atoms with van der Waals surface area (Å²) in [5, 5.41) is 0.676. The van der Waals surface area contributed by atoms with Crippen molar-refractivity contribution in [3.8, 4) is 11.6 Å². The Labute approximate surface area is 112 Å². The highest BCUT2D eigenvalue weighted by atomic mass is 79.9. The van der Waals surface area contributed by atoms with Gasteiger partial charge >= 0.3 is 0 Å². The first-order valence-electron chi connectivity index (χ1n) is 5.24. The second-order valence-corrected chi connectivity index (χ2v) is 4.34. The van der Waals surface area contributed by atoms with Gasteiger partial charge in [0.2, 0.25) is 5.88 Å². The number of rotatable bonds is 3. The molecule has 2 aromatic rings. The van der Waals surface area contributed by atoms with E-state index in [9.17, 15) is 8.78 Å². The van der Waals surface area contributed by atoms with Crippen molar-refractivity contribution in [2.75, 3.05) is 0 Å². The molecule has 0 N–H and O–H groups in total. The van der Waals surface area contributed by atoms with E-state index >= 15 is 0 Å². The van der Waals surface area contributed by atoms with Crippen LogP contribution in [0, 0.1) is 18.6 Å². The van der Waals surface area contributed by atoms with Gasteiger partial charge in [0.1, 0.15) is 5.82 Å². The van der Waals surface area contributed by atoms with Crippen LogP contribution in [0.1, 0.15) is 11.1 Å². The van der Waals surface area contributed by atoms with Crippen LogP contribution in [0.2, 0.25) is 0 Å². The number of aromatic nitrogens is 1. The van der Waals surface area contributed by atoms with E-state index in [1.807, 2.05) is 6.07 Å². The monoisotopic (exact) mass is 313 g/mol. The lowest BCUT2D eigenvalue weighted by Gasteiger charge is -2.09. The Hall–Kier alpha value is -1.49. The smallest absolute Gasteiger partial charge is 0.222 e. The lowest BCUT2D eigenvalue weighted by molar-refractivity contribution is 0.419. The molecular formula is C13H10BrF2NO. The number of hydrogen-bond acceptors (Lipinski definition) is 2. The van der Waals surface area contributed by atoms with Gasteiger partial charge in [-0.15, -0.1) is 0 Å². The average molecular weight is 314 g/mol. The number of pyridine rings is 1. The molecule has 1 aromatic heterocycles. The average Bonchev–Trinajstić information content (AvgIpc) is 2.36. The molecular weight excluding hydrogens is 304 g/mol. The van der Waals surface area contributed by atoms with E-state index in [-0.39, 0.29) is 11.6 Å². The standard InChI is InChI=1S/C13H10BrF2NO/c1-8-4-9(6-14)7-17-13(8)18-12-5-10(15)2-3-11(12)16/h2-5,7H,6H2,1H3. The number of halogens is 3. The first-order chi connectivity index (χ1) is 8.60. The van der Waals surface area contributed by atoms with Crippen molar-refractivity contribution < 1.29 is 13.5 Å². The molecule has 2 rings (SSSR count). The molecule has 0 fully saturated rings. The summed E-state index contributed by atoms with van der Waals surface area (Å²) in [5.41, 5.74) is 1.75. The summed E-state index contributed by atoms with van der Waals surface area (Å²) in [6.07, 6.45) is 1.62. The predicted molar refractivity (Wildman–Crippen MR) is 68.0 cm³/mol. The number of ether oxygens (including phenoxy) is 1. The molecule has 0 amide bonds. The van der Waals surface area contributed by atoms with Crippen LogP contribution in [-0.4, -0.2) is 4.98 Å². The maximum Gasteiger partial charge on any atom is 0.222 e. The zero-order valence-corrected chi connectivity index (χ0v) is 11.2. The van der Waals surface area contributed by atoms with Crippen LogP contribution < -0.4 is 4.74 Å². The molecule has 0 aliphatic rings. The number of benzene rings is 1. The maximum atomic E-state index is 13.4. The summed E-state index contributed by atoms with van der Waals surface area (Å²) >= 11 is 3.31. The fourth-order valence-corrected chi connectivity index (χ4v) is 1.77. The zero-order chi connectivity index (χ0) is 13.1. The second kappa shape index (κ2) is 5.44. The van der Waals surface area contributed by atoms with Crippen molar-refractivity contribution in [1.29, 1.82) is 0 Å². The highest BCUT2D eigenvalue weighted by Crippen LogP contribution is 2.26. The Morgan fingerprint density at radius 3 is 2.72 bits per heavy atom. The number of aryl methyl sites for hydroxylation is 1. The molecule has 0 unspecified atom stereocenters. The van der Waals surface area contributed by atoms with Gasteiger partial charge in [-0.05, 0) is 30.7 Å². The van der Waals surface area contributed by atoms with Gasteiger partial charge < -0.3 is 4.74 Å². The normalized spacial score (nSPS) is 10.4. The first kappa shape index (κ1) is 13.0. The largest absolute Gasteiger partial charge is 0.436 e. The third-order valence-corrected chi connectivity index (χ3v) is 2.99. The molecule has 18 heavy (non-hydrogen) atoms. The van der Waals surface area contributed by atoms with Gasteiger partial charge in [0.25, 0.3) is 0 Å². The molecule has 1 aromatic carbocycles. The molecule has 2 nitrogen and oxygen atoms in total. The quantitative estimate of drug-likeness (QED) is 0.786. The lowest BCUT2D eigenvalue weighted by Crippen LogP contribution is -1.95. The minimum absolute atomic E-state index is 0.169. The van der Waals surface area contributed by atoms with E-state index in [1.165, 1.54) is 0 Å². The number of alkyl halides is 1. The summed E-state index contributed by atoms with van der Waals surface area (Å²) in [4.78, 5) is 4.07. The Morgan fingerprint density at radius 1 is 1.28 bits per heavy atom. The molecule has 0 aliphatic heterocycles. The summed E-state index contributed by atoms with van der Waals surface area (Å²) in [6, 6.07) is 4.92. The van der Waals surface area contributed by atoms with E-state index in [0.717, 1.165) is 29.3 Å². The van der Waals surface area contributed by atoms with Crippen LogP contribution in [0.25, 0.3) is 0 Å². The van der Waals surface area contributed by atoms with Crippen molar-refractivity contribution in [1.82, 2.24) is 4.98 Å². The van der Waals surface area contributed by atoms with Crippen molar-refractivity contribution in [3.05, 3.63) is 53.2 Å². The molecule has 5 heteroatoms. The predicted octanol–water partition coefficient (Wildman–Crippen LogP) is 4.36. The van der Waals surface area contributed by atoms with Crippen LogP contribution in [0.5, 0.6) is 11.6 Å². The third-order valence-electron chi connectivity index (χ3n) is 2.34. The molecule has 1 heterocycles. The summed E-state index contributed by atoms with van der Waals surface area (Å²) < 4.78 is 31.7. The molecule has 0 atom stereocenters. The third kappa shape index (κ3) is 2.85. The van der Waals surface area contributed by atoms with Crippen LogP contribution in [0.15, 0.2) is 30.5 Å². The first-order valence-corrected chi connectivity index (χ1v) is 6.36. The van der Waals surface area contributed by atoms with Crippen LogP contribution in [0.4, 0.5) is 8.78 Å². The number of nitrogens with zero attached hydrogens (tertiary/aromatic N) is 1. The van der Waals surface area contributed by atoms with Crippen LogP contribution in [0.3, 0.4) is 0 Å².